The third kappa shape index (κ3) is 1.77. The Balaban J connectivity index is 2.22. The standard InChI is InChI=1S/C15H26/c1-5-13-8-9-15(4)12(3)11(2)6-7-14(15)10-13/h7,11-13H,5-6,8-10H2,1-4H3. The van der Waals surface area contributed by atoms with Crippen molar-refractivity contribution in [2.45, 2.75) is 59.8 Å². The molecule has 0 amide bonds. The maximum Gasteiger partial charge on any atom is -0.00879 e. The molecule has 15 heavy (non-hydrogen) atoms. The molecule has 0 aromatic heterocycles. The molecular weight excluding hydrogens is 180 g/mol. The van der Waals surface area contributed by atoms with Crippen LogP contribution >= 0.6 is 0 Å². The van der Waals surface area contributed by atoms with Gasteiger partial charge in [-0.3, -0.25) is 0 Å². The Hall–Kier alpha value is -0.260. The van der Waals surface area contributed by atoms with E-state index in [1.165, 1.54) is 32.1 Å². The normalized spacial score (nSPS) is 45.9. The lowest BCUT2D eigenvalue weighted by atomic mass is 9.56. The van der Waals surface area contributed by atoms with E-state index in [0.717, 1.165) is 17.8 Å². The van der Waals surface area contributed by atoms with Crippen LogP contribution in [0, 0.1) is 23.2 Å². The molecule has 0 heterocycles. The highest BCUT2D eigenvalue weighted by Crippen LogP contribution is 2.53. The zero-order valence-electron chi connectivity index (χ0n) is 10.8. The van der Waals surface area contributed by atoms with Gasteiger partial charge in [-0.15, -0.1) is 0 Å². The lowest BCUT2D eigenvalue weighted by Crippen LogP contribution is -2.38. The predicted molar refractivity (Wildman–Crippen MR) is 66.8 cm³/mol. The molecule has 0 N–H and O–H groups in total. The van der Waals surface area contributed by atoms with Gasteiger partial charge in [0.05, 0.1) is 0 Å². The topological polar surface area (TPSA) is 0 Å². The summed E-state index contributed by atoms with van der Waals surface area (Å²) in [5, 5.41) is 0. The first kappa shape index (κ1) is 11.2. The molecule has 2 aliphatic carbocycles. The molecule has 0 nitrogen and oxygen atoms in total. The quantitative estimate of drug-likeness (QED) is 0.540. The number of hydrogen-bond donors (Lipinski definition) is 0. The van der Waals surface area contributed by atoms with E-state index in [1.54, 1.807) is 5.57 Å². The second kappa shape index (κ2) is 3.96. The van der Waals surface area contributed by atoms with Gasteiger partial charge in [-0.25, -0.2) is 0 Å². The van der Waals surface area contributed by atoms with Crippen LogP contribution in [0.15, 0.2) is 11.6 Å². The molecule has 86 valence electrons. The van der Waals surface area contributed by atoms with E-state index in [-0.39, 0.29) is 0 Å². The molecular formula is C15H26. The van der Waals surface area contributed by atoms with Crippen LogP contribution in [0.2, 0.25) is 0 Å². The summed E-state index contributed by atoms with van der Waals surface area (Å²) in [5.74, 6) is 2.75. The zero-order chi connectivity index (χ0) is 11.1. The lowest BCUT2D eigenvalue weighted by Gasteiger charge is -2.49. The molecule has 0 aliphatic heterocycles. The number of allylic oxidation sites excluding steroid dienone is 2. The molecule has 2 aliphatic rings. The molecule has 0 bridgehead atoms. The Morgan fingerprint density at radius 3 is 2.80 bits per heavy atom. The first-order valence-corrected chi connectivity index (χ1v) is 6.77. The highest BCUT2D eigenvalue weighted by Gasteiger charge is 2.42. The Bertz CT molecular complexity index is 263. The third-order valence-electron chi connectivity index (χ3n) is 5.49. The Kier molecular flexibility index (Phi) is 2.96. The monoisotopic (exact) mass is 206 g/mol. The van der Waals surface area contributed by atoms with Crippen molar-refractivity contribution in [1.82, 2.24) is 0 Å². The second-order valence-electron chi connectivity index (χ2n) is 6.17. The fraction of sp³-hybridized carbons (Fsp3) is 0.867. The van der Waals surface area contributed by atoms with E-state index in [0.29, 0.717) is 5.41 Å². The number of hydrogen-bond acceptors (Lipinski definition) is 0. The minimum absolute atomic E-state index is 0.545. The maximum absolute atomic E-state index is 2.58. The van der Waals surface area contributed by atoms with Crippen molar-refractivity contribution >= 4 is 0 Å². The largest absolute Gasteiger partial charge is 0.0845 e. The van der Waals surface area contributed by atoms with Gasteiger partial charge in [0, 0.05) is 0 Å². The van der Waals surface area contributed by atoms with Gasteiger partial charge in [0.1, 0.15) is 0 Å². The molecule has 0 spiro atoms. The summed E-state index contributed by atoms with van der Waals surface area (Å²) in [4.78, 5) is 0. The molecule has 0 radical (unpaired) electrons. The predicted octanol–water partition coefficient (Wildman–Crippen LogP) is 4.81. The van der Waals surface area contributed by atoms with Crippen LogP contribution in [0.25, 0.3) is 0 Å². The average Bonchev–Trinajstić information content (AvgIpc) is 2.25. The molecule has 0 aromatic rings. The van der Waals surface area contributed by atoms with E-state index in [4.69, 9.17) is 0 Å². The Morgan fingerprint density at radius 1 is 1.40 bits per heavy atom. The number of fused-ring (bicyclic) bond motifs is 1. The van der Waals surface area contributed by atoms with Gasteiger partial charge in [0.2, 0.25) is 0 Å². The molecule has 2 rings (SSSR count). The van der Waals surface area contributed by atoms with Crippen molar-refractivity contribution in [3.05, 3.63) is 11.6 Å². The fourth-order valence-electron chi connectivity index (χ4n) is 3.66. The summed E-state index contributed by atoms with van der Waals surface area (Å²) in [6.45, 7) is 9.77. The van der Waals surface area contributed by atoms with Gasteiger partial charge >= 0.3 is 0 Å². The van der Waals surface area contributed by atoms with Crippen LogP contribution in [0.4, 0.5) is 0 Å². The van der Waals surface area contributed by atoms with Crippen molar-refractivity contribution in [1.29, 1.82) is 0 Å². The van der Waals surface area contributed by atoms with Crippen molar-refractivity contribution in [2.24, 2.45) is 23.2 Å². The molecule has 4 unspecified atom stereocenters. The number of rotatable bonds is 1. The smallest absolute Gasteiger partial charge is 0.00879 e. The minimum Gasteiger partial charge on any atom is -0.0845 e. The Morgan fingerprint density at radius 2 is 2.13 bits per heavy atom. The van der Waals surface area contributed by atoms with Gasteiger partial charge in [0.15, 0.2) is 0 Å². The highest BCUT2D eigenvalue weighted by atomic mass is 14.5. The van der Waals surface area contributed by atoms with Crippen molar-refractivity contribution in [2.75, 3.05) is 0 Å². The maximum atomic E-state index is 2.58. The van der Waals surface area contributed by atoms with Gasteiger partial charge < -0.3 is 0 Å². The van der Waals surface area contributed by atoms with E-state index in [1.807, 2.05) is 0 Å². The summed E-state index contributed by atoms with van der Waals surface area (Å²) in [7, 11) is 0. The van der Waals surface area contributed by atoms with Gasteiger partial charge in [-0.2, -0.15) is 0 Å². The summed E-state index contributed by atoms with van der Waals surface area (Å²) in [6.07, 6.45) is 9.56. The molecule has 0 saturated heterocycles. The van der Waals surface area contributed by atoms with E-state index >= 15 is 0 Å². The lowest BCUT2D eigenvalue weighted by molar-refractivity contribution is 0.113. The molecule has 4 atom stereocenters. The van der Waals surface area contributed by atoms with Crippen molar-refractivity contribution < 1.29 is 0 Å². The summed E-state index contributed by atoms with van der Waals surface area (Å²) >= 11 is 0. The SMILES string of the molecule is CCC1CCC2(C)C(=CCC(C)C2C)C1. The zero-order valence-corrected chi connectivity index (χ0v) is 10.8. The first-order chi connectivity index (χ1) is 7.08. The van der Waals surface area contributed by atoms with Crippen LogP contribution in [-0.2, 0) is 0 Å². The van der Waals surface area contributed by atoms with Crippen molar-refractivity contribution in [3.8, 4) is 0 Å². The molecule has 1 saturated carbocycles. The summed E-state index contributed by atoms with van der Waals surface area (Å²) in [5.41, 5.74) is 2.34. The van der Waals surface area contributed by atoms with Crippen LogP contribution in [0.5, 0.6) is 0 Å². The van der Waals surface area contributed by atoms with E-state index < -0.39 is 0 Å². The van der Waals surface area contributed by atoms with Crippen LogP contribution in [0.3, 0.4) is 0 Å². The molecule has 1 fully saturated rings. The van der Waals surface area contributed by atoms with Crippen LogP contribution in [-0.4, -0.2) is 0 Å². The molecule has 0 heteroatoms. The van der Waals surface area contributed by atoms with Crippen molar-refractivity contribution in [3.63, 3.8) is 0 Å². The molecule has 0 aromatic carbocycles. The summed E-state index contributed by atoms with van der Waals surface area (Å²) < 4.78 is 0. The average molecular weight is 206 g/mol. The van der Waals surface area contributed by atoms with E-state index in [2.05, 4.69) is 33.8 Å². The van der Waals surface area contributed by atoms with Crippen LogP contribution < -0.4 is 0 Å². The van der Waals surface area contributed by atoms with E-state index in [9.17, 15) is 0 Å². The highest BCUT2D eigenvalue weighted by molar-refractivity contribution is 5.21. The minimum atomic E-state index is 0.545. The third-order valence-corrected chi connectivity index (χ3v) is 5.49. The summed E-state index contributed by atoms with van der Waals surface area (Å²) in [6, 6.07) is 0. The van der Waals surface area contributed by atoms with Crippen LogP contribution in [0.1, 0.15) is 59.8 Å². The van der Waals surface area contributed by atoms with Gasteiger partial charge in [-0.1, -0.05) is 45.8 Å². The fourth-order valence-corrected chi connectivity index (χ4v) is 3.66. The van der Waals surface area contributed by atoms with Gasteiger partial charge in [0.25, 0.3) is 0 Å². The second-order valence-corrected chi connectivity index (χ2v) is 6.17. The van der Waals surface area contributed by atoms with Gasteiger partial charge in [-0.05, 0) is 48.9 Å². The Labute approximate surface area is 95.1 Å². The first-order valence-electron chi connectivity index (χ1n) is 6.77.